The SMILES string of the molecule is Nc1ccccc1O.[Zn]. The zero-order valence-electron chi connectivity index (χ0n) is 5.04. The van der Waals surface area contributed by atoms with Crippen molar-refractivity contribution in [3.8, 4) is 5.75 Å². The van der Waals surface area contributed by atoms with E-state index in [9.17, 15) is 0 Å². The second-order valence-electron chi connectivity index (χ2n) is 1.56. The molecule has 9 heavy (non-hydrogen) atoms. The van der Waals surface area contributed by atoms with Crippen LogP contribution in [0.4, 0.5) is 5.69 Å². The summed E-state index contributed by atoms with van der Waals surface area (Å²) in [5, 5.41) is 8.79. The van der Waals surface area contributed by atoms with E-state index in [1.807, 2.05) is 0 Å². The first-order valence-corrected chi connectivity index (χ1v) is 2.34. The summed E-state index contributed by atoms with van der Waals surface area (Å²) in [6.07, 6.45) is 0. The summed E-state index contributed by atoms with van der Waals surface area (Å²) in [4.78, 5) is 0. The number of hydrogen-bond acceptors (Lipinski definition) is 2. The fourth-order valence-corrected chi connectivity index (χ4v) is 0.488. The third-order valence-corrected chi connectivity index (χ3v) is 0.937. The van der Waals surface area contributed by atoms with Crippen molar-refractivity contribution in [2.24, 2.45) is 0 Å². The number of benzene rings is 1. The van der Waals surface area contributed by atoms with Gasteiger partial charge in [0.05, 0.1) is 5.69 Å². The van der Waals surface area contributed by atoms with Crippen molar-refractivity contribution in [1.82, 2.24) is 0 Å². The Labute approximate surface area is 66.4 Å². The maximum Gasteiger partial charge on any atom is 0.138 e. The summed E-state index contributed by atoms with van der Waals surface area (Å²) >= 11 is 0. The van der Waals surface area contributed by atoms with Crippen LogP contribution in [0.3, 0.4) is 0 Å². The van der Waals surface area contributed by atoms with Gasteiger partial charge in [-0.05, 0) is 12.1 Å². The standard InChI is InChI=1S/C6H7NO.Zn/c7-5-3-1-2-4-6(5)8;/h1-4,8H,7H2;. The normalized spacial score (nSPS) is 8.00. The molecule has 0 aliphatic heterocycles. The number of rotatable bonds is 0. The topological polar surface area (TPSA) is 46.2 Å². The Morgan fingerprint density at radius 2 is 1.78 bits per heavy atom. The van der Waals surface area contributed by atoms with E-state index in [4.69, 9.17) is 10.8 Å². The van der Waals surface area contributed by atoms with E-state index in [2.05, 4.69) is 0 Å². The van der Waals surface area contributed by atoms with Crippen molar-refractivity contribution in [2.45, 2.75) is 0 Å². The molecule has 3 N–H and O–H groups in total. The predicted molar refractivity (Wildman–Crippen MR) is 32.5 cm³/mol. The van der Waals surface area contributed by atoms with Gasteiger partial charge in [0, 0.05) is 19.5 Å². The molecule has 0 amide bonds. The molecule has 0 bridgehead atoms. The largest absolute Gasteiger partial charge is 0.506 e. The third kappa shape index (κ3) is 2.02. The van der Waals surface area contributed by atoms with Gasteiger partial charge >= 0.3 is 0 Å². The number of phenolic OH excluding ortho intramolecular Hbond substituents is 1. The van der Waals surface area contributed by atoms with Crippen LogP contribution in [0.1, 0.15) is 0 Å². The summed E-state index contributed by atoms with van der Waals surface area (Å²) in [7, 11) is 0. The number of anilines is 1. The molecular formula is C6H7NOZn. The van der Waals surface area contributed by atoms with Gasteiger partial charge in [-0.2, -0.15) is 0 Å². The molecule has 44 valence electrons. The number of hydrogen-bond donors (Lipinski definition) is 2. The van der Waals surface area contributed by atoms with Gasteiger partial charge in [0.2, 0.25) is 0 Å². The van der Waals surface area contributed by atoms with Crippen LogP contribution in [0, 0.1) is 0 Å². The molecule has 0 radical (unpaired) electrons. The van der Waals surface area contributed by atoms with E-state index in [1.54, 1.807) is 24.3 Å². The summed E-state index contributed by atoms with van der Waals surface area (Å²) in [5.41, 5.74) is 5.69. The van der Waals surface area contributed by atoms with Crippen LogP contribution < -0.4 is 5.73 Å². The van der Waals surface area contributed by atoms with Gasteiger partial charge in [-0.3, -0.25) is 0 Å². The molecule has 1 rings (SSSR count). The van der Waals surface area contributed by atoms with Gasteiger partial charge in [-0.25, -0.2) is 0 Å². The maximum atomic E-state index is 8.79. The van der Waals surface area contributed by atoms with Crippen LogP contribution in [0.15, 0.2) is 24.3 Å². The minimum atomic E-state index is 0. The van der Waals surface area contributed by atoms with Crippen molar-refractivity contribution >= 4 is 5.69 Å². The molecule has 0 saturated heterocycles. The fourth-order valence-electron chi connectivity index (χ4n) is 0.488. The minimum Gasteiger partial charge on any atom is -0.506 e. The zero-order chi connectivity index (χ0) is 5.98. The average molecular weight is 175 g/mol. The first-order valence-electron chi connectivity index (χ1n) is 2.34. The molecule has 0 heterocycles. The molecule has 0 fully saturated rings. The molecule has 2 nitrogen and oxygen atoms in total. The fraction of sp³-hybridized carbons (Fsp3) is 0. The van der Waals surface area contributed by atoms with Crippen LogP contribution >= 0.6 is 0 Å². The van der Waals surface area contributed by atoms with E-state index in [-0.39, 0.29) is 25.2 Å². The van der Waals surface area contributed by atoms with Gasteiger partial charge in [-0.1, -0.05) is 12.1 Å². The Bertz CT molecular complexity index is 169. The van der Waals surface area contributed by atoms with Crippen LogP contribution in [0.5, 0.6) is 5.75 Å². The molecule has 0 spiro atoms. The molecule has 1 aromatic rings. The quantitative estimate of drug-likeness (QED) is 0.350. The first-order chi connectivity index (χ1) is 3.80. The molecule has 1 aromatic carbocycles. The van der Waals surface area contributed by atoms with Crippen LogP contribution in [-0.4, -0.2) is 5.11 Å². The Hall–Kier alpha value is -0.557. The first kappa shape index (κ1) is 8.44. The number of para-hydroxylation sites is 2. The maximum absolute atomic E-state index is 8.79. The number of nitrogen functional groups attached to an aromatic ring is 1. The predicted octanol–water partition coefficient (Wildman–Crippen LogP) is 0.972. The van der Waals surface area contributed by atoms with E-state index in [0.717, 1.165) is 0 Å². The van der Waals surface area contributed by atoms with E-state index >= 15 is 0 Å². The molecule has 0 saturated carbocycles. The molecule has 0 aliphatic rings. The minimum absolute atomic E-state index is 0. The number of nitrogens with two attached hydrogens (primary N) is 1. The monoisotopic (exact) mass is 173 g/mol. The molecule has 0 atom stereocenters. The Kier molecular flexibility index (Phi) is 3.25. The molecule has 0 aromatic heterocycles. The summed E-state index contributed by atoms with van der Waals surface area (Å²) in [6, 6.07) is 6.70. The van der Waals surface area contributed by atoms with E-state index in [0.29, 0.717) is 5.69 Å². The zero-order valence-corrected chi connectivity index (χ0v) is 8.01. The molecular weight excluding hydrogens is 167 g/mol. The second kappa shape index (κ2) is 3.47. The molecule has 3 heteroatoms. The van der Waals surface area contributed by atoms with Gasteiger partial charge in [0.1, 0.15) is 5.75 Å². The van der Waals surface area contributed by atoms with Gasteiger partial charge in [0.25, 0.3) is 0 Å². The number of aromatic hydroxyl groups is 1. The Balaban J connectivity index is 0.000000640. The van der Waals surface area contributed by atoms with Crippen LogP contribution in [0.25, 0.3) is 0 Å². The van der Waals surface area contributed by atoms with Crippen molar-refractivity contribution < 1.29 is 24.6 Å². The smallest absolute Gasteiger partial charge is 0.138 e. The van der Waals surface area contributed by atoms with Crippen LogP contribution in [-0.2, 0) is 19.5 Å². The van der Waals surface area contributed by atoms with Crippen LogP contribution in [0.2, 0.25) is 0 Å². The van der Waals surface area contributed by atoms with Crippen molar-refractivity contribution in [3.05, 3.63) is 24.3 Å². The summed E-state index contributed by atoms with van der Waals surface area (Å²) < 4.78 is 0. The average Bonchev–Trinajstić information content (AvgIpc) is 1.77. The molecule has 0 unspecified atom stereocenters. The van der Waals surface area contributed by atoms with Crippen molar-refractivity contribution in [3.63, 3.8) is 0 Å². The van der Waals surface area contributed by atoms with Crippen molar-refractivity contribution in [1.29, 1.82) is 0 Å². The Morgan fingerprint density at radius 3 is 2.11 bits per heavy atom. The molecule has 0 aliphatic carbocycles. The van der Waals surface area contributed by atoms with Gasteiger partial charge < -0.3 is 10.8 Å². The van der Waals surface area contributed by atoms with E-state index < -0.39 is 0 Å². The van der Waals surface area contributed by atoms with Gasteiger partial charge in [-0.15, -0.1) is 0 Å². The van der Waals surface area contributed by atoms with E-state index in [1.165, 1.54) is 0 Å². The second-order valence-corrected chi connectivity index (χ2v) is 1.56. The van der Waals surface area contributed by atoms with Gasteiger partial charge in [0.15, 0.2) is 0 Å². The Morgan fingerprint density at radius 1 is 1.22 bits per heavy atom. The summed E-state index contributed by atoms with van der Waals surface area (Å²) in [5.74, 6) is 0.146. The summed E-state index contributed by atoms with van der Waals surface area (Å²) in [6.45, 7) is 0. The van der Waals surface area contributed by atoms with Crippen molar-refractivity contribution in [2.75, 3.05) is 5.73 Å². The third-order valence-electron chi connectivity index (χ3n) is 0.937. The number of phenols is 1.